The number of Topliss-reactive ketones (excluding diaryl/α,β-unsaturated/α-hetero) is 1. The lowest BCUT2D eigenvalue weighted by atomic mass is 9.71. The highest BCUT2D eigenvalue weighted by molar-refractivity contribution is 5.88. The van der Waals surface area contributed by atoms with Gasteiger partial charge in [-0.1, -0.05) is 45.4 Å². The number of fused-ring (bicyclic) bond motifs is 1. The molecule has 0 spiro atoms. The number of aromatic nitrogens is 1. The molecule has 3 heterocycles. The Bertz CT molecular complexity index is 946. The zero-order valence-electron chi connectivity index (χ0n) is 22.0. The first kappa shape index (κ1) is 28.2. The highest BCUT2D eigenvalue weighted by atomic mass is 16.6. The summed E-state index contributed by atoms with van der Waals surface area (Å²) in [7, 11) is 0. The van der Waals surface area contributed by atoms with Crippen molar-refractivity contribution in [2.75, 3.05) is 0 Å². The van der Waals surface area contributed by atoms with E-state index in [1.807, 2.05) is 37.3 Å². The molecule has 0 radical (unpaired) electrons. The number of nitrogens with one attached hydrogen (secondary N) is 1. The summed E-state index contributed by atoms with van der Waals surface area (Å²) < 4.78 is 6.06. The third-order valence-electron chi connectivity index (χ3n) is 7.97. The molecular formula is C29H42N2O5. The Balaban J connectivity index is 1.84. The van der Waals surface area contributed by atoms with E-state index in [0.717, 1.165) is 25.0 Å². The van der Waals surface area contributed by atoms with Crippen LogP contribution in [-0.2, 0) is 14.3 Å². The summed E-state index contributed by atoms with van der Waals surface area (Å²) in [5.74, 6) is -1.38. The molecule has 0 aromatic carbocycles. The van der Waals surface area contributed by atoms with Crippen LogP contribution in [0, 0.1) is 17.3 Å². The number of amides is 1. The van der Waals surface area contributed by atoms with Gasteiger partial charge >= 0.3 is 0 Å². The van der Waals surface area contributed by atoms with E-state index in [1.54, 1.807) is 26.1 Å². The van der Waals surface area contributed by atoms with Crippen LogP contribution >= 0.6 is 0 Å². The lowest BCUT2D eigenvalue weighted by molar-refractivity contribution is -0.143. The third kappa shape index (κ3) is 6.90. The van der Waals surface area contributed by atoms with E-state index in [2.05, 4.69) is 23.8 Å². The summed E-state index contributed by atoms with van der Waals surface area (Å²) in [5.41, 5.74) is -0.701. The van der Waals surface area contributed by atoms with E-state index in [1.165, 1.54) is 0 Å². The molecule has 0 saturated carbocycles. The lowest BCUT2D eigenvalue weighted by Crippen LogP contribution is -2.47. The van der Waals surface area contributed by atoms with Crippen LogP contribution in [0.4, 0.5) is 0 Å². The fourth-order valence-electron chi connectivity index (χ4n) is 5.18. The van der Waals surface area contributed by atoms with Gasteiger partial charge in [-0.2, -0.15) is 0 Å². The molecule has 0 bridgehead atoms. The largest absolute Gasteiger partial charge is 0.392 e. The van der Waals surface area contributed by atoms with Crippen molar-refractivity contribution in [3.8, 4) is 0 Å². The number of aliphatic hydroxyl groups excluding tert-OH is 2. The monoisotopic (exact) mass is 498 g/mol. The Morgan fingerprint density at radius 1 is 1.25 bits per heavy atom. The second-order valence-electron chi connectivity index (χ2n) is 11.2. The normalized spacial score (nSPS) is 36.2. The van der Waals surface area contributed by atoms with E-state index in [-0.39, 0.29) is 41.8 Å². The second kappa shape index (κ2) is 11.8. The molecule has 2 saturated heterocycles. The maximum atomic E-state index is 13.5. The van der Waals surface area contributed by atoms with Crippen LogP contribution in [0.25, 0.3) is 6.08 Å². The van der Waals surface area contributed by atoms with Gasteiger partial charge in [0.1, 0.15) is 5.78 Å². The van der Waals surface area contributed by atoms with Gasteiger partial charge in [-0.25, -0.2) is 0 Å². The van der Waals surface area contributed by atoms with E-state index in [0.29, 0.717) is 12.8 Å². The van der Waals surface area contributed by atoms with Crippen LogP contribution < -0.4 is 5.32 Å². The lowest BCUT2D eigenvalue weighted by Gasteiger charge is -2.35. The molecule has 2 unspecified atom stereocenters. The van der Waals surface area contributed by atoms with Crippen molar-refractivity contribution in [1.82, 2.24) is 10.3 Å². The molecule has 36 heavy (non-hydrogen) atoms. The molecule has 1 amide bonds. The molecule has 7 atom stereocenters. The summed E-state index contributed by atoms with van der Waals surface area (Å²) in [5, 5.41) is 25.1. The van der Waals surface area contributed by atoms with Crippen molar-refractivity contribution < 1.29 is 24.5 Å². The van der Waals surface area contributed by atoms with Crippen LogP contribution in [0.1, 0.15) is 71.9 Å². The molecule has 198 valence electrons. The number of carbonyl (C=O) groups excluding carboxylic acids is 2. The topological polar surface area (TPSA) is 112 Å². The molecule has 0 aliphatic carbocycles. The van der Waals surface area contributed by atoms with Crippen LogP contribution in [0.3, 0.4) is 0 Å². The van der Waals surface area contributed by atoms with Crippen molar-refractivity contribution >= 4 is 17.8 Å². The van der Waals surface area contributed by atoms with Gasteiger partial charge in [-0.15, -0.1) is 6.58 Å². The maximum Gasteiger partial charge on any atom is 0.223 e. The van der Waals surface area contributed by atoms with Gasteiger partial charge < -0.3 is 20.3 Å². The molecular weight excluding hydrogens is 456 g/mol. The minimum atomic E-state index is -1.21. The molecule has 7 heteroatoms. The molecule has 1 aromatic heterocycles. The fourth-order valence-corrected chi connectivity index (χ4v) is 5.18. The van der Waals surface area contributed by atoms with E-state index in [9.17, 15) is 19.8 Å². The molecule has 2 fully saturated rings. The second-order valence-corrected chi connectivity index (χ2v) is 11.2. The van der Waals surface area contributed by atoms with Gasteiger partial charge in [0.05, 0.1) is 47.5 Å². The summed E-state index contributed by atoms with van der Waals surface area (Å²) >= 11 is 0. The van der Waals surface area contributed by atoms with Crippen LogP contribution in [0.5, 0.6) is 0 Å². The highest BCUT2D eigenvalue weighted by Gasteiger charge is 2.52. The number of epoxide rings is 1. The van der Waals surface area contributed by atoms with Gasteiger partial charge in [-0.3, -0.25) is 14.6 Å². The number of nitrogens with zero attached hydrogens (tertiary/aromatic N) is 1. The average molecular weight is 499 g/mol. The predicted molar refractivity (Wildman–Crippen MR) is 140 cm³/mol. The number of ether oxygens (including phenoxy) is 1. The fraction of sp³-hybridized carbons (Fsp3) is 0.621. The van der Waals surface area contributed by atoms with Crippen molar-refractivity contribution in [1.29, 1.82) is 0 Å². The Morgan fingerprint density at radius 2 is 2.00 bits per heavy atom. The van der Waals surface area contributed by atoms with E-state index >= 15 is 0 Å². The van der Waals surface area contributed by atoms with E-state index in [4.69, 9.17) is 4.74 Å². The van der Waals surface area contributed by atoms with Gasteiger partial charge in [0, 0.05) is 18.5 Å². The minimum absolute atomic E-state index is 0.000717. The van der Waals surface area contributed by atoms with Crippen LogP contribution in [-0.4, -0.2) is 56.8 Å². The van der Waals surface area contributed by atoms with Gasteiger partial charge in [0.15, 0.2) is 0 Å². The Hall–Kier alpha value is -2.35. The molecule has 2 aliphatic heterocycles. The first-order valence-electron chi connectivity index (χ1n) is 13.1. The number of rotatable bonds is 4. The first-order chi connectivity index (χ1) is 17.0. The van der Waals surface area contributed by atoms with Crippen molar-refractivity contribution in [3.05, 3.63) is 48.8 Å². The standard InChI is InChI=1S/C29H42N2O5/c1-6-10-22-26(34)19(2)11-9-15-29(5)24(36-29)17-21(14-13-20-12-7-8-16-30-20)31-25(33)18-23(32)28(3,4)27(22)35/h6-8,12-14,16,19,21-24,26,32,34H,1,9-11,15,17-18H2,2-5H3,(H,31,33)/t19-,21+,22+,23-,24?,26+,29?/m0/s1. The molecule has 3 rings (SSSR count). The van der Waals surface area contributed by atoms with Gasteiger partial charge in [-0.05, 0) is 50.3 Å². The van der Waals surface area contributed by atoms with Crippen LogP contribution in [0.2, 0.25) is 0 Å². The summed E-state index contributed by atoms with van der Waals surface area (Å²) in [6.45, 7) is 11.1. The maximum absolute atomic E-state index is 13.5. The number of allylic oxidation sites excluding steroid dienone is 1. The highest BCUT2D eigenvalue weighted by Crippen LogP contribution is 2.44. The summed E-state index contributed by atoms with van der Waals surface area (Å²) in [6.07, 6.45) is 8.22. The number of aliphatic hydroxyl groups is 2. The van der Waals surface area contributed by atoms with Crippen molar-refractivity contribution in [3.63, 3.8) is 0 Å². The Morgan fingerprint density at radius 3 is 2.67 bits per heavy atom. The first-order valence-corrected chi connectivity index (χ1v) is 13.1. The smallest absolute Gasteiger partial charge is 0.223 e. The minimum Gasteiger partial charge on any atom is -0.392 e. The SMILES string of the molecule is C=CC[C@H]1C(=O)C(C)(C)[C@@H](O)CC(=O)N[C@H](C=Cc2ccccn2)CC2OC2(C)CCC[C@H](C)[C@H]1O. The van der Waals surface area contributed by atoms with Crippen molar-refractivity contribution in [2.24, 2.45) is 17.3 Å². The molecule has 1 aromatic rings. The number of ketones is 1. The van der Waals surface area contributed by atoms with Gasteiger partial charge in [0.25, 0.3) is 0 Å². The van der Waals surface area contributed by atoms with Crippen LogP contribution in [0.15, 0.2) is 43.1 Å². The third-order valence-corrected chi connectivity index (χ3v) is 7.97. The number of pyridine rings is 1. The quantitative estimate of drug-likeness (QED) is 0.429. The van der Waals surface area contributed by atoms with Gasteiger partial charge in [0.2, 0.25) is 5.91 Å². The Labute approximate surface area is 215 Å². The molecule has 3 N–H and O–H groups in total. The van der Waals surface area contributed by atoms with Crippen molar-refractivity contribution in [2.45, 2.75) is 96.2 Å². The van der Waals surface area contributed by atoms with E-state index < -0.39 is 23.5 Å². The number of hydrogen-bond donors (Lipinski definition) is 3. The summed E-state index contributed by atoms with van der Waals surface area (Å²) in [4.78, 5) is 30.8. The zero-order valence-corrected chi connectivity index (χ0v) is 22.0. The summed E-state index contributed by atoms with van der Waals surface area (Å²) in [6, 6.07) is 5.33. The molecule has 2 aliphatic rings. The number of hydrogen-bond acceptors (Lipinski definition) is 6. The Kier molecular flexibility index (Phi) is 9.25. The zero-order chi connectivity index (χ0) is 26.5. The number of carbonyl (C=O) groups is 2. The molecule has 7 nitrogen and oxygen atoms in total. The predicted octanol–water partition coefficient (Wildman–Crippen LogP) is 3.85. The average Bonchev–Trinajstić information content (AvgIpc) is 3.48.